The lowest BCUT2D eigenvalue weighted by molar-refractivity contribution is -0.0592. The van der Waals surface area contributed by atoms with Crippen molar-refractivity contribution in [3.8, 4) is 11.6 Å². The Hall–Kier alpha value is -3.73. The number of carbonyl (C=O) groups is 1. The fourth-order valence-corrected chi connectivity index (χ4v) is 5.44. The molecule has 0 bridgehead atoms. The molecule has 2 saturated heterocycles. The summed E-state index contributed by atoms with van der Waals surface area (Å²) < 4.78 is 38.7. The molecule has 4 heterocycles. The number of benzene rings is 2. The zero-order valence-electron chi connectivity index (χ0n) is 23.3. The number of imidazole rings is 1. The molecule has 0 N–H and O–H groups in total. The quantitative estimate of drug-likeness (QED) is 0.225. The molecule has 2 aromatic carbocycles. The minimum Gasteiger partial charge on any atom is -0.484 e. The van der Waals surface area contributed by atoms with Gasteiger partial charge in [-0.25, -0.2) is 19.2 Å². The molecule has 9 nitrogen and oxygen atoms in total. The number of piperidine rings is 1. The van der Waals surface area contributed by atoms with Crippen molar-refractivity contribution in [1.82, 2.24) is 19.4 Å². The maximum Gasteiger partial charge on any atom is 0.337 e. The number of nitrogens with zero attached hydrogens (tertiary/aromatic N) is 4. The first-order valence-corrected chi connectivity index (χ1v) is 14.4. The van der Waals surface area contributed by atoms with Crippen LogP contribution in [-0.4, -0.2) is 64.4 Å². The summed E-state index contributed by atoms with van der Waals surface area (Å²) in [5.41, 5.74) is 2.91. The van der Waals surface area contributed by atoms with Gasteiger partial charge in [-0.15, -0.1) is 0 Å². The lowest BCUT2D eigenvalue weighted by Gasteiger charge is -2.32. The van der Waals surface area contributed by atoms with E-state index in [2.05, 4.69) is 14.5 Å². The van der Waals surface area contributed by atoms with Crippen LogP contribution in [0.25, 0.3) is 11.0 Å². The summed E-state index contributed by atoms with van der Waals surface area (Å²) in [7, 11) is 1.39. The van der Waals surface area contributed by atoms with Crippen LogP contribution in [0.5, 0.6) is 11.6 Å². The minimum absolute atomic E-state index is 0.0310. The van der Waals surface area contributed by atoms with Gasteiger partial charge in [-0.2, -0.15) is 0 Å². The van der Waals surface area contributed by atoms with Gasteiger partial charge in [0, 0.05) is 30.8 Å². The summed E-state index contributed by atoms with van der Waals surface area (Å²) in [6.45, 7) is 3.97. The zero-order valence-corrected chi connectivity index (χ0v) is 24.1. The summed E-state index contributed by atoms with van der Waals surface area (Å²) in [5, 5.41) is 0.315. The molecule has 0 spiro atoms. The molecular formula is C31H32ClFN4O5. The molecule has 0 amide bonds. The second kappa shape index (κ2) is 12.6. The van der Waals surface area contributed by atoms with Crippen molar-refractivity contribution in [2.45, 2.75) is 51.2 Å². The first-order valence-electron chi connectivity index (χ1n) is 14.1. The molecule has 0 radical (unpaired) electrons. The molecule has 0 saturated carbocycles. The summed E-state index contributed by atoms with van der Waals surface area (Å²) in [6.07, 6.45) is 2.88. The Morgan fingerprint density at radius 1 is 1.10 bits per heavy atom. The third-order valence-electron chi connectivity index (χ3n) is 7.67. The number of esters is 1. The number of pyridine rings is 1. The number of hydrogen-bond acceptors (Lipinski definition) is 8. The highest BCUT2D eigenvalue weighted by Crippen LogP contribution is 2.26. The van der Waals surface area contributed by atoms with Crippen molar-refractivity contribution in [2.24, 2.45) is 0 Å². The highest BCUT2D eigenvalue weighted by Gasteiger charge is 2.26. The Morgan fingerprint density at radius 3 is 2.67 bits per heavy atom. The fraction of sp³-hybridized carbons (Fsp3) is 0.387. The fourth-order valence-electron chi connectivity index (χ4n) is 5.28. The predicted molar refractivity (Wildman–Crippen MR) is 154 cm³/mol. The third kappa shape index (κ3) is 6.51. The molecule has 2 aliphatic rings. The molecule has 0 aliphatic carbocycles. The van der Waals surface area contributed by atoms with Crippen molar-refractivity contribution in [1.29, 1.82) is 0 Å². The SMILES string of the molecule is COC(=O)c1ccc2nc(CN3CCC(Oc4cccc(COc5ccc(Cl)cc5F)n4)CC3)n(CC3CCO3)c2c1. The number of hydrogen-bond donors (Lipinski definition) is 0. The van der Waals surface area contributed by atoms with E-state index in [0.29, 0.717) is 35.2 Å². The molecule has 42 heavy (non-hydrogen) atoms. The first kappa shape index (κ1) is 28.4. The second-order valence-electron chi connectivity index (χ2n) is 10.5. The van der Waals surface area contributed by atoms with Crippen LogP contribution in [0.4, 0.5) is 4.39 Å². The summed E-state index contributed by atoms with van der Waals surface area (Å²) in [5.74, 6) is 0.719. The Bertz CT molecular complexity index is 1570. The van der Waals surface area contributed by atoms with E-state index in [-0.39, 0.29) is 30.5 Å². The van der Waals surface area contributed by atoms with E-state index in [9.17, 15) is 9.18 Å². The van der Waals surface area contributed by atoms with Gasteiger partial charge < -0.3 is 23.5 Å². The van der Waals surface area contributed by atoms with E-state index >= 15 is 0 Å². The normalized spacial score (nSPS) is 17.6. The van der Waals surface area contributed by atoms with Gasteiger partial charge in [0.15, 0.2) is 11.6 Å². The molecule has 2 fully saturated rings. The van der Waals surface area contributed by atoms with E-state index in [0.717, 1.165) is 55.8 Å². The molecule has 1 unspecified atom stereocenters. The number of aromatic nitrogens is 3. The van der Waals surface area contributed by atoms with Crippen LogP contribution in [0.15, 0.2) is 54.6 Å². The molecule has 220 valence electrons. The van der Waals surface area contributed by atoms with Gasteiger partial charge in [0.05, 0.1) is 48.6 Å². The topological polar surface area (TPSA) is 87.9 Å². The number of likely N-dealkylation sites (tertiary alicyclic amines) is 1. The van der Waals surface area contributed by atoms with E-state index < -0.39 is 5.82 Å². The van der Waals surface area contributed by atoms with Gasteiger partial charge in [0.2, 0.25) is 5.88 Å². The average molecular weight is 595 g/mol. The van der Waals surface area contributed by atoms with Crippen LogP contribution >= 0.6 is 11.6 Å². The number of carbonyl (C=O) groups excluding carboxylic acids is 1. The monoisotopic (exact) mass is 594 g/mol. The van der Waals surface area contributed by atoms with Crippen LogP contribution in [0, 0.1) is 5.82 Å². The van der Waals surface area contributed by atoms with Crippen LogP contribution < -0.4 is 9.47 Å². The maximum atomic E-state index is 14.0. The highest BCUT2D eigenvalue weighted by molar-refractivity contribution is 6.30. The van der Waals surface area contributed by atoms with E-state index in [1.807, 2.05) is 30.3 Å². The number of fused-ring (bicyclic) bond motifs is 1. The Kier molecular flexibility index (Phi) is 8.55. The van der Waals surface area contributed by atoms with Gasteiger partial charge in [0.1, 0.15) is 18.5 Å². The standard InChI is InChI=1S/C31H32ClFN4O5/c1-39-31(38)20-5-7-26-27(15-20)37(17-24-11-14-40-24)29(35-26)18-36-12-9-23(10-13-36)42-30-4-2-3-22(34-30)19-41-28-8-6-21(32)16-25(28)33/h2-8,15-16,23-24H,9-14,17-19H2,1H3. The van der Waals surface area contributed by atoms with Crippen molar-refractivity contribution in [3.05, 3.63) is 82.5 Å². The van der Waals surface area contributed by atoms with Crippen LogP contribution in [-0.2, 0) is 29.2 Å². The molecule has 4 aromatic rings. The molecule has 2 aliphatic heterocycles. The lowest BCUT2D eigenvalue weighted by Crippen LogP contribution is -2.39. The molecule has 2 aromatic heterocycles. The predicted octanol–water partition coefficient (Wildman–Crippen LogP) is 5.42. The second-order valence-corrected chi connectivity index (χ2v) is 11.0. The summed E-state index contributed by atoms with van der Waals surface area (Å²) in [4.78, 5) is 24.0. The first-order chi connectivity index (χ1) is 20.4. The maximum absolute atomic E-state index is 14.0. The smallest absolute Gasteiger partial charge is 0.337 e. The van der Waals surface area contributed by atoms with Gasteiger partial charge in [-0.05, 0) is 61.7 Å². The average Bonchev–Trinajstić information content (AvgIpc) is 3.31. The largest absolute Gasteiger partial charge is 0.484 e. The van der Waals surface area contributed by atoms with Gasteiger partial charge in [-0.1, -0.05) is 17.7 Å². The molecule has 11 heteroatoms. The number of halogens is 2. The summed E-state index contributed by atoms with van der Waals surface area (Å²) >= 11 is 5.82. The lowest BCUT2D eigenvalue weighted by atomic mass is 10.1. The molecular weight excluding hydrogens is 563 g/mol. The van der Waals surface area contributed by atoms with E-state index in [1.54, 1.807) is 12.1 Å². The minimum atomic E-state index is -0.514. The van der Waals surface area contributed by atoms with Crippen molar-refractivity contribution in [2.75, 3.05) is 26.8 Å². The van der Waals surface area contributed by atoms with Gasteiger partial charge in [-0.3, -0.25) is 4.90 Å². The number of methoxy groups -OCH3 is 1. The van der Waals surface area contributed by atoms with Crippen molar-refractivity contribution >= 4 is 28.6 Å². The summed E-state index contributed by atoms with van der Waals surface area (Å²) in [6, 6.07) is 15.3. The zero-order chi connectivity index (χ0) is 29.1. The van der Waals surface area contributed by atoms with Gasteiger partial charge >= 0.3 is 5.97 Å². The van der Waals surface area contributed by atoms with Gasteiger partial charge in [0.25, 0.3) is 0 Å². The van der Waals surface area contributed by atoms with Crippen LogP contribution in [0.2, 0.25) is 5.02 Å². The Labute approximate surface area is 248 Å². The molecule has 1 atom stereocenters. The van der Waals surface area contributed by atoms with Crippen LogP contribution in [0.1, 0.15) is 41.1 Å². The number of ether oxygens (including phenoxy) is 4. The third-order valence-corrected chi connectivity index (χ3v) is 7.90. The molecule has 6 rings (SSSR count). The van der Waals surface area contributed by atoms with E-state index in [4.69, 9.17) is 35.5 Å². The highest BCUT2D eigenvalue weighted by atomic mass is 35.5. The van der Waals surface area contributed by atoms with E-state index in [1.165, 1.54) is 19.2 Å². The number of rotatable bonds is 10. The Balaban J connectivity index is 1.07. The van der Waals surface area contributed by atoms with Crippen LogP contribution in [0.3, 0.4) is 0 Å². The van der Waals surface area contributed by atoms with Crippen molar-refractivity contribution < 1.29 is 28.1 Å². The Morgan fingerprint density at radius 2 is 1.93 bits per heavy atom. The van der Waals surface area contributed by atoms with Crippen molar-refractivity contribution in [3.63, 3.8) is 0 Å².